The van der Waals surface area contributed by atoms with E-state index in [1.165, 1.54) is 24.3 Å². The Morgan fingerprint density at radius 2 is 1.62 bits per heavy atom. The Bertz CT molecular complexity index is 1420. The predicted octanol–water partition coefficient (Wildman–Crippen LogP) is 4.99. The molecular formula is C26H21F3N4O4. The van der Waals surface area contributed by atoms with Crippen LogP contribution in [0.15, 0.2) is 84.9 Å². The zero-order valence-electron chi connectivity index (χ0n) is 19.1. The monoisotopic (exact) mass is 510 g/mol. The lowest BCUT2D eigenvalue weighted by atomic mass is 10.0. The van der Waals surface area contributed by atoms with Crippen LogP contribution in [-0.2, 0) is 12.7 Å². The fraction of sp³-hybridized carbons (Fsp3) is 0.115. The second-order valence-corrected chi connectivity index (χ2v) is 8.05. The molecule has 0 saturated heterocycles. The van der Waals surface area contributed by atoms with Gasteiger partial charge in [-0.05, 0) is 41.0 Å². The van der Waals surface area contributed by atoms with Gasteiger partial charge in [-0.1, -0.05) is 54.6 Å². The molecule has 1 heterocycles. The predicted molar refractivity (Wildman–Crippen MR) is 128 cm³/mol. The summed E-state index contributed by atoms with van der Waals surface area (Å²) in [6, 6.07) is 21.8. The molecule has 0 spiro atoms. The molecular weight excluding hydrogens is 489 g/mol. The van der Waals surface area contributed by atoms with Gasteiger partial charge in [0.1, 0.15) is 11.8 Å². The van der Waals surface area contributed by atoms with Gasteiger partial charge in [-0.2, -0.15) is 18.3 Å². The van der Waals surface area contributed by atoms with Gasteiger partial charge in [-0.3, -0.25) is 4.79 Å². The summed E-state index contributed by atoms with van der Waals surface area (Å²) in [5.41, 5.74) is 0.322. The lowest BCUT2D eigenvalue weighted by Gasteiger charge is -2.14. The van der Waals surface area contributed by atoms with E-state index in [9.17, 15) is 27.9 Å². The van der Waals surface area contributed by atoms with Crippen molar-refractivity contribution in [3.8, 4) is 5.69 Å². The Balaban J connectivity index is 1.64. The molecule has 0 aliphatic carbocycles. The van der Waals surface area contributed by atoms with Crippen LogP contribution in [0.5, 0.6) is 0 Å². The van der Waals surface area contributed by atoms with E-state index in [1.807, 2.05) is 6.07 Å². The van der Waals surface area contributed by atoms with Crippen LogP contribution in [0.2, 0.25) is 0 Å². The molecule has 4 aromatic rings. The molecule has 0 aliphatic heterocycles. The molecule has 11 heteroatoms. The molecule has 1 aromatic heterocycles. The Kier molecular flexibility index (Phi) is 7.25. The van der Waals surface area contributed by atoms with Crippen molar-refractivity contribution in [2.24, 2.45) is 0 Å². The third-order valence-electron chi connectivity index (χ3n) is 5.41. The van der Waals surface area contributed by atoms with Crippen molar-refractivity contribution in [1.29, 1.82) is 0 Å². The summed E-state index contributed by atoms with van der Waals surface area (Å²) in [6.45, 7) is -0.0887. The van der Waals surface area contributed by atoms with Crippen molar-refractivity contribution < 1.29 is 33.0 Å². The molecule has 0 saturated carbocycles. The number of nitrogens with one attached hydrogen (secondary N) is 2. The Labute approximate surface area is 209 Å². The first-order valence-corrected chi connectivity index (χ1v) is 11.0. The molecule has 1 atom stereocenters. The van der Waals surface area contributed by atoms with E-state index in [-0.39, 0.29) is 23.6 Å². The van der Waals surface area contributed by atoms with Gasteiger partial charge in [0.05, 0.1) is 5.69 Å². The van der Waals surface area contributed by atoms with Gasteiger partial charge in [-0.15, -0.1) is 0 Å². The average molecular weight is 510 g/mol. The maximum absolute atomic E-state index is 13.5. The summed E-state index contributed by atoms with van der Waals surface area (Å²) in [6.07, 6.45) is -7.03. The number of hydrogen-bond donors (Lipinski definition) is 4. The molecule has 2 amide bonds. The second-order valence-electron chi connectivity index (χ2n) is 8.05. The van der Waals surface area contributed by atoms with Gasteiger partial charge < -0.3 is 20.8 Å². The average Bonchev–Trinajstić information content (AvgIpc) is 3.35. The highest BCUT2D eigenvalue weighted by Crippen LogP contribution is 2.30. The number of benzene rings is 3. The molecule has 190 valence electrons. The van der Waals surface area contributed by atoms with Crippen molar-refractivity contribution >= 4 is 17.7 Å². The number of rotatable bonds is 7. The largest absolute Gasteiger partial charge is 0.465 e. The molecule has 4 rings (SSSR count). The molecule has 0 fully saturated rings. The number of aromatic nitrogens is 2. The smallest absolute Gasteiger partial charge is 0.435 e. The van der Waals surface area contributed by atoms with E-state index in [2.05, 4.69) is 15.7 Å². The number of aliphatic hydroxyl groups is 1. The van der Waals surface area contributed by atoms with Crippen LogP contribution in [0.4, 0.5) is 23.7 Å². The van der Waals surface area contributed by atoms with Crippen LogP contribution < -0.4 is 10.6 Å². The molecule has 4 N–H and O–H groups in total. The number of amides is 2. The van der Waals surface area contributed by atoms with E-state index in [0.717, 1.165) is 4.68 Å². The lowest BCUT2D eigenvalue weighted by Crippen LogP contribution is -2.20. The summed E-state index contributed by atoms with van der Waals surface area (Å²) in [5, 5.41) is 27.8. The van der Waals surface area contributed by atoms with Crippen molar-refractivity contribution in [3.05, 3.63) is 113 Å². The van der Waals surface area contributed by atoms with Crippen LogP contribution in [-0.4, -0.2) is 32.0 Å². The number of carbonyl (C=O) groups excluding carboxylic acids is 1. The SMILES string of the molecule is O=C(O)NCc1cccc(-n2nc(C(F)(F)F)cc2C(=O)Nc2cccc(C(O)c3ccccc3)c2)c1. The third-order valence-corrected chi connectivity index (χ3v) is 5.41. The number of aliphatic hydroxyl groups excluding tert-OH is 1. The minimum atomic E-state index is -4.80. The van der Waals surface area contributed by atoms with Crippen molar-refractivity contribution in [1.82, 2.24) is 15.1 Å². The summed E-state index contributed by atoms with van der Waals surface area (Å²) in [7, 11) is 0. The van der Waals surface area contributed by atoms with Crippen LogP contribution >= 0.6 is 0 Å². The van der Waals surface area contributed by atoms with E-state index in [1.54, 1.807) is 48.5 Å². The van der Waals surface area contributed by atoms with Gasteiger partial charge in [0.25, 0.3) is 5.91 Å². The zero-order chi connectivity index (χ0) is 26.6. The summed E-state index contributed by atoms with van der Waals surface area (Å²) in [4.78, 5) is 23.9. The number of halogens is 3. The molecule has 0 bridgehead atoms. The highest BCUT2D eigenvalue weighted by molar-refractivity contribution is 6.03. The lowest BCUT2D eigenvalue weighted by molar-refractivity contribution is -0.141. The molecule has 0 aliphatic rings. The summed E-state index contributed by atoms with van der Waals surface area (Å²) < 4.78 is 41.3. The normalized spacial score (nSPS) is 12.1. The van der Waals surface area contributed by atoms with Crippen LogP contribution in [0.1, 0.15) is 39.0 Å². The first-order valence-electron chi connectivity index (χ1n) is 11.0. The Morgan fingerprint density at radius 1 is 0.919 bits per heavy atom. The van der Waals surface area contributed by atoms with Gasteiger partial charge >= 0.3 is 12.3 Å². The summed E-state index contributed by atoms with van der Waals surface area (Å²) >= 11 is 0. The fourth-order valence-corrected chi connectivity index (χ4v) is 3.66. The van der Waals surface area contributed by atoms with E-state index in [0.29, 0.717) is 22.8 Å². The van der Waals surface area contributed by atoms with Crippen molar-refractivity contribution in [2.75, 3.05) is 5.32 Å². The zero-order valence-corrected chi connectivity index (χ0v) is 19.1. The Hall–Kier alpha value is -4.64. The number of anilines is 1. The third kappa shape index (κ3) is 6.14. The molecule has 0 radical (unpaired) electrons. The van der Waals surface area contributed by atoms with E-state index in [4.69, 9.17) is 5.11 Å². The topological polar surface area (TPSA) is 116 Å². The quantitative estimate of drug-likeness (QED) is 0.280. The second kappa shape index (κ2) is 10.5. The molecule has 37 heavy (non-hydrogen) atoms. The van der Waals surface area contributed by atoms with Gasteiger partial charge in [-0.25, -0.2) is 9.48 Å². The number of carboxylic acid groups (broad SMARTS) is 1. The minimum Gasteiger partial charge on any atom is -0.465 e. The van der Waals surface area contributed by atoms with Gasteiger partial charge in [0.2, 0.25) is 0 Å². The van der Waals surface area contributed by atoms with E-state index < -0.39 is 30.0 Å². The fourth-order valence-electron chi connectivity index (χ4n) is 3.66. The molecule has 3 aromatic carbocycles. The standard InChI is InChI=1S/C26H21F3N4O4/c27-26(28,29)22-14-21(33(32-22)20-11-4-6-16(12-20)15-30-25(36)37)24(35)31-19-10-5-9-18(13-19)23(34)17-7-2-1-3-8-17/h1-14,23,30,34H,15H2,(H,31,35)(H,36,37). The first-order chi connectivity index (χ1) is 17.6. The maximum Gasteiger partial charge on any atom is 0.435 e. The van der Waals surface area contributed by atoms with Crippen molar-refractivity contribution in [2.45, 2.75) is 18.8 Å². The number of alkyl halides is 3. The maximum atomic E-state index is 13.5. The van der Waals surface area contributed by atoms with Crippen LogP contribution in [0, 0.1) is 0 Å². The molecule has 8 nitrogen and oxygen atoms in total. The number of hydrogen-bond acceptors (Lipinski definition) is 4. The van der Waals surface area contributed by atoms with Gasteiger partial charge in [0.15, 0.2) is 5.69 Å². The highest BCUT2D eigenvalue weighted by Gasteiger charge is 2.36. The Morgan fingerprint density at radius 3 is 2.32 bits per heavy atom. The highest BCUT2D eigenvalue weighted by atomic mass is 19.4. The minimum absolute atomic E-state index is 0.0887. The van der Waals surface area contributed by atoms with Gasteiger partial charge in [0, 0.05) is 18.3 Å². The number of carbonyl (C=O) groups is 2. The number of nitrogens with zero attached hydrogens (tertiary/aromatic N) is 2. The first kappa shape index (κ1) is 25.5. The summed E-state index contributed by atoms with van der Waals surface area (Å²) in [5.74, 6) is -0.858. The van der Waals surface area contributed by atoms with Crippen LogP contribution in [0.25, 0.3) is 5.69 Å². The van der Waals surface area contributed by atoms with E-state index >= 15 is 0 Å². The van der Waals surface area contributed by atoms with Crippen LogP contribution in [0.3, 0.4) is 0 Å². The molecule has 1 unspecified atom stereocenters. The van der Waals surface area contributed by atoms with Crippen molar-refractivity contribution in [3.63, 3.8) is 0 Å².